The van der Waals surface area contributed by atoms with Crippen molar-refractivity contribution in [3.8, 4) is 11.6 Å². The lowest BCUT2D eigenvalue weighted by atomic mass is 9.75. The molecule has 1 aliphatic carbocycles. The Labute approximate surface area is 144 Å². The molecular formula is C18H19FN2O4. The maximum atomic E-state index is 13.9. The van der Waals surface area contributed by atoms with Crippen LogP contribution in [0.3, 0.4) is 0 Å². The summed E-state index contributed by atoms with van der Waals surface area (Å²) in [4.78, 5) is 16.6. The minimum Gasteiger partial charge on any atom is -0.507 e. The number of aliphatic hydroxyl groups excluding tert-OH is 1. The average molecular weight is 346 g/mol. The summed E-state index contributed by atoms with van der Waals surface area (Å²) in [5, 5.41) is 22.1. The van der Waals surface area contributed by atoms with Gasteiger partial charge in [0.1, 0.15) is 17.1 Å². The highest BCUT2D eigenvalue weighted by atomic mass is 19.1. The summed E-state index contributed by atoms with van der Waals surface area (Å²) in [6.07, 6.45) is 2.23. The monoisotopic (exact) mass is 346 g/mol. The molecule has 0 saturated heterocycles. The molecule has 3 rings (SSSR count). The standard InChI is InChI=1S/C18H19FN2O4/c1-25-15-6-5-10(9-20-15)17(11-7-12(22)8-11)21-18(24)16-13(19)3-2-4-14(16)23/h2-6,9,11-12,17,22-23H,7-8H2,1H3,(H,21,24). The SMILES string of the molecule is COc1ccc(C(NC(=O)c2c(O)cccc2F)C2CC(O)C2)cn1. The third kappa shape index (κ3) is 3.56. The second kappa shape index (κ2) is 7.06. The van der Waals surface area contributed by atoms with Crippen LogP contribution in [-0.2, 0) is 0 Å². The highest BCUT2D eigenvalue weighted by molar-refractivity contribution is 5.97. The summed E-state index contributed by atoms with van der Waals surface area (Å²) in [6.45, 7) is 0. The molecule has 0 spiro atoms. The number of nitrogens with one attached hydrogen (secondary N) is 1. The van der Waals surface area contributed by atoms with Gasteiger partial charge in [-0.1, -0.05) is 12.1 Å². The number of amides is 1. The number of aliphatic hydroxyl groups is 1. The van der Waals surface area contributed by atoms with E-state index in [-0.39, 0.29) is 5.92 Å². The molecule has 3 N–H and O–H groups in total. The van der Waals surface area contributed by atoms with E-state index in [1.807, 2.05) is 0 Å². The second-order valence-corrected chi connectivity index (χ2v) is 6.10. The summed E-state index contributed by atoms with van der Waals surface area (Å²) in [7, 11) is 1.50. The number of methoxy groups -OCH3 is 1. The van der Waals surface area contributed by atoms with Gasteiger partial charge in [-0.2, -0.15) is 0 Å². The zero-order valence-electron chi connectivity index (χ0n) is 13.6. The van der Waals surface area contributed by atoms with Crippen molar-refractivity contribution in [1.82, 2.24) is 10.3 Å². The van der Waals surface area contributed by atoms with Crippen LogP contribution in [0.4, 0.5) is 4.39 Å². The van der Waals surface area contributed by atoms with Crippen LogP contribution in [0.25, 0.3) is 0 Å². The number of hydrogen-bond acceptors (Lipinski definition) is 5. The number of nitrogens with zero attached hydrogens (tertiary/aromatic N) is 1. The number of aromatic nitrogens is 1. The van der Waals surface area contributed by atoms with Gasteiger partial charge in [0.05, 0.1) is 19.3 Å². The van der Waals surface area contributed by atoms with Crippen molar-refractivity contribution in [2.24, 2.45) is 5.92 Å². The van der Waals surface area contributed by atoms with E-state index in [9.17, 15) is 19.4 Å². The zero-order chi connectivity index (χ0) is 18.0. The van der Waals surface area contributed by atoms with Crippen molar-refractivity contribution >= 4 is 5.91 Å². The van der Waals surface area contributed by atoms with Gasteiger partial charge in [-0.05, 0) is 36.5 Å². The Bertz CT molecular complexity index is 740. The first-order chi connectivity index (χ1) is 12.0. The van der Waals surface area contributed by atoms with Crippen LogP contribution in [0, 0.1) is 11.7 Å². The van der Waals surface area contributed by atoms with Gasteiger partial charge in [-0.3, -0.25) is 4.79 Å². The molecule has 2 aromatic rings. The summed E-state index contributed by atoms with van der Waals surface area (Å²) in [5.74, 6) is -1.48. The van der Waals surface area contributed by atoms with Crippen molar-refractivity contribution in [3.05, 3.63) is 53.5 Å². The molecule has 1 aromatic heterocycles. The van der Waals surface area contributed by atoms with E-state index in [0.29, 0.717) is 18.7 Å². The molecule has 1 atom stereocenters. The third-order valence-corrected chi connectivity index (χ3v) is 4.45. The number of rotatable bonds is 5. The molecule has 1 aromatic carbocycles. The lowest BCUT2D eigenvalue weighted by Gasteiger charge is -2.38. The van der Waals surface area contributed by atoms with Gasteiger partial charge in [0, 0.05) is 12.3 Å². The number of benzene rings is 1. The molecule has 6 nitrogen and oxygen atoms in total. The Morgan fingerprint density at radius 1 is 1.36 bits per heavy atom. The van der Waals surface area contributed by atoms with Crippen LogP contribution < -0.4 is 10.1 Å². The molecule has 132 valence electrons. The van der Waals surface area contributed by atoms with Gasteiger partial charge in [-0.25, -0.2) is 9.37 Å². The number of halogens is 1. The van der Waals surface area contributed by atoms with Gasteiger partial charge in [0.2, 0.25) is 5.88 Å². The Morgan fingerprint density at radius 2 is 2.12 bits per heavy atom. The molecule has 25 heavy (non-hydrogen) atoms. The predicted octanol–water partition coefficient (Wildman–Crippen LogP) is 2.18. The minimum absolute atomic E-state index is 0.00283. The van der Waals surface area contributed by atoms with Crippen molar-refractivity contribution < 1.29 is 24.1 Å². The van der Waals surface area contributed by atoms with E-state index in [0.717, 1.165) is 11.6 Å². The van der Waals surface area contributed by atoms with Crippen LogP contribution >= 0.6 is 0 Å². The molecule has 7 heteroatoms. The highest BCUT2D eigenvalue weighted by Crippen LogP contribution is 2.38. The number of aromatic hydroxyl groups is 1. The molecule has 1 fully saturated rings. The van der Waals surface area contributed by atoms with E-state index < -0.39 is 35.2 Å². The van der Waals surface area contributed by atoms with Crippen LogP contribution in [0.2, 0.25) is 0 Å². The summed E-state index contributed by atoms with van der Waals surface area (Å²) in [6, 6.07) is 6.69. The Morgan fingerprint density at radius 3 is 2.68 bits per heavy atom. The Hall–Kier alpha value is -2.67. The van der Waals surface area contributed by atoms with Gasteiger partial charge in [0.15, 0.2) is 0 Å². The number of phenolic OH excluding ortho intramolecular Hbond substituents is 1. The molecule has 0 aliphatic heterocycles. The van der Waals surface area contributed by atoms with Crippen molar-refractivity contribution in [3.63, 3.8) is 0 Å². The molecule has 1 amide bonds. The van der Waals surface area contributed by atoms with Crippen molar-refractivity contribution in [1.29, 1.82) is 0 Å². The largest absolute Gasteiger partial charge is 0.507 e. The molecule has 1 heterocycles. The molecule has 0 bridgehead atoms. The zero-order valence-corrected chi connectivity index (χ0v) is 13.6. The maximum Gasteiger partial charge on any atom is 0.258 e. The first-order valence-electron chi connectivity index (χ1n) is 7.96. The number of carbonyl (C=O) groups excluding carboxylic acids is 1. The topological polar surface area (TPSA) is 91.7 Å². The van der Waals surface area contributed by atoms with Crippen LogP contribution in [0.5, 0.6) is 11.6 Å². The minimum atomic E-state index is -0.794. The van der Waals surface area contributed by atoms with Gasteiger partial charge in [-0.15, -0.1) is 0 Å². The number of carbonyl (C=O) groups is 1. The van der Waals surface area contributed by atoms with Crippen LogP contribution in [0.1, 0.15) is 34.8 Å². The number of phenols is 1. The van der Waals surface area contributed by atoms with Crippen LogP contribution in [-0.4, -0.2) is 34.3 Å². The summed E-state index contributed by atoms with van der Waals surface area (Å²) in [5.41, 5.74) is 0.329. The van der Waals surface area contributed by atoms with E-state index in [1.165, 1.54) is 19.2 Å². The summed E-state index contributed by atoms with van der Waals surface area (Å²) < 4.78 is 18.9. The van der Waals surface area contributed by atoms with Gasteiger partial charge >= 0.3 is 0 Å². The second-order valence-electron chi connectivity index (χ2n) is 6.10. The normalized spacial score (nSPS) is 20.4. The predicted molar refractivity (Wildman–Crippen MR) is 87.8 cm³/mol. The Balaban J connectivity index is 1.86. The lowest BCUT2D eigenvalue weighted by molar-refractivity contribution is 0.0233. The quantitative estimate of drug-likeness (QED) is 0.772. The smallest absolute Gasteiger partial charge is 0.258 e. The van der Waals surface area contributed by atoms with E-state index in [1.54, 1.807) is 18.3 Å². The first kappa shape index (κ1) is 17.2. The Kier molecular flexibility index (Phi) is 4.85. The van der Waals surface area contributed by atoms with E-state index in [2.05, 4.69) is 10.3 Å². The highest BCUT2D eigenvalue weighted by Gasteiger charge is 2.36. The fourth-order valence-electron chi connectivity index (χ4n) is 3.02. The fourth-order valence-corrected chi connectivity index (χ4v) is 3.02. The third-order valence-electron chi connectivity index (χ3n) is 4.45. The summed E-state index contributed by atoms with van der Waals surface area (Å²) >= 11 is 0. The lowest BCUT2D eigenvalue weighted by Crippen LogP contribution is -2.41. The molecule has 1 unspecified atom stereocenters. The first-order valence-corrected chi connectivity index (χ1v) is 7.96. The number of pyridine rings is 1. The van der Waals surface area contributed by atoms with Gasteiger partial charge in [0.25, 0.3) is 5.91 Å². The number of ether oxygens (including phenoxy) is 1. The average Bonchev–Trinajstić information content (AvgIpc) is 2.57. The molecular weight excluding hydrogens is 327 g/mol. The fraction of sp³-hybridized carbons (Fsp3) is 0.333. The number of hydrogen-bond donors (Lipinski definition) is 3. The van der Waals surface area contributed by atoms with Gasteiger partial charge < -0.3 is 20.3 Å². The van der Waals surface area contributed by atoms with Crippen LogP contribution in [0.15, 0.2) is 36.5 Å². The van der Waals surface area contributed by atoms with Crippen molar-refractivity contribution in [2.45, 2.75) is 25.0 Å². The van der Waals surface area contributed by atoms with Crippen molar-refractivity contribution in [2.75, 3.05) is 7.11 Å². The van der Waals surface area contributed by atoms with E-state index >= 15 is 0 Å². The molecule has 1 saturated carbocycles. The molecule has 0 radical (unpaired) electrons. The molecule has 1 aliphatic rings. The maximum absolute atomic E-state index is 13.9. The van der Waals surface area contributed by atoms with E-state index in [4.69, 9.17) is 4.74 Å².